The van der Waals surface area contributed by atoms with E-state index >= 15 is 0 Å². The molecule has 2 N–H and O–H groups in total. The van der Waals surface area contributed by atoms with Gasteiger partial charge < -0.3 is 15.2 Å². The highest BCUT2D eigenvalue weighted by molar-refractivity contribution is 9.10. The Balaban J connectivity index is 2.17. The van der Waals surface area contributed by atoms with Crippen LogP contribution in [0.1, 0.15) is 21.6 Å². The number of nitrogens with one attached hydrogen (secondary N) is 1. The standard InChI is InChI=1S/C21H20BrFN2O4/c1-12-15(10-20(27)24-7-8-26)16-9-19(29-2)17(23)11-18(16)25(12)21(28)13-3-5-14(22)6-4-13/h3-6,9,11,26H,7-8,10H2,1-2H3,(H,24,27). The maximum absolute atomic E-state index is 14.4. The molecule has 0 saturated heterocycles. The highest BCUT2D eigenvalue weighted by atomic mass is 79.9. The first-order chi connectivity index (χ1) is 13.9. The van der Waals surface area contributed by atoms with Gasteiger partial charge in [-0.15, -0.1) is 0 Å². The SMILES string of the molecule is COc1cc2c(CC(=O)NCCO)c(C)n(C(=O)c3ccc(Br)cc3)c2cc1F. The molecule has 0 fully saturated rings. The second-order valence-corrected chi connectivity index (χ2v) is 7.38. The number of hydrogen-bond donors (Lipinski definition) is 2. The quantitative estimate of drug-likeness (QED) is 0.589. The summed E-state index contributed by atoms with van der Waals surface area (Å²) in [5.41, 5.74) is 1.93. The van der Waals surface area contributed by atoms with Crippen molar-refractivity contribution in [2.24, 2.45) is 0 Å². The summed E-state index contributed by atoms with van der Waals surface area (Å²) in [5, 5.41) is 12.1. The molecule has 1 heterocycles. The van der Waals surface area contributed by atoms with Gasteiger partial charge in [-0.1, -0.05) is 15.9 Å². The van der Waals surface area contributed by atoms with E-state index in [1.165, 1.54) is 23.8 Å². The third kappa shape index (κ3) is 4.18. The number of ether oxygens (including phenoxy) is 1. The van der Waals surface area contributed by atoms with Crippen LogP contribution in [-0.4, -0.2) is 41.7 Å². The summed E-state index contributed by atoms with van der Waals surface area (Å²) in [7, 11) is 1.36. The van der Waals surface area contributed by atoms with Crippen LogP contribution >= 0.6 is 15.9 Å². The van der Waals surface area contributed by atoms with Crippen molar-refractivity contribution in [3.8, 4) is 5.75 Å². The van der Waals surface area contributed by atoms with Gasteiger partial charge in [0, 0.05) is 33.7 Å². The molecule has 0 spiro atoms. The molecule has 6 nitrogen and oxygen atoms in total. The van der Waals surface area contributed by atoms with Gasteiger partial charge in [0.2, 0.25) is 5.91 Å². The zero-order valence-corrected chi connectivity index (χ0v) is 17.5. The van der Waals surface area contributed by atoms with Gasteiger partial charge in [0.25, 0.3) is 5.91 Å². The summed E-state index contributed by atoms with van der Waals surface area (Å²) in [6, 6.07) is 9.59. The Kier molecular flexibility index (Phi) is 6.34. The Morgan fingerprint density at radius 3 is 2.55 bits per heavy atom. The lowest BCUT2D eigenvalue weighted by Gasteiger charge is -2.08. The molecule has 3 aromatic rings. The third-order valence-corrected chi connectivity index (χ3v) is 5.20. The molecule has 0 saturated carbocycles. The Bertz CT molecular complexity index is 1080. The maximum Gasteiger partial charge on any atom is 0.262 e. The number of methoxy groups -OCH3 is 1. The Morgan fingerprint density at radius 2 is 1.93 bits per heavy atom. The van der Waals surface area contributed by atoms with E-state index in [-0.39, 0.29) is 37.1 Å². The van der Waals surface area contributed by atoms with Crippen LogP contribution in [0.2, 0.25) is 0 Å². The van der Waals surface area contributed by atoms with E-state index in [0.717, 1.165) is 4.47 Å². The fourth-order valence-electron chi connectivity index (χ4n) is 3.26. The number of carbonyl (C=O) groups excluding carboxylic acids is 2. The van der Waals surface area contributed by atoms with Gasteiger partial charge in [-0.2, -0.15) is 0 Å². The number of aliphatic hydroxyl groups is 1. The molecule has 152 valence electrons. The molecule has 0 aliphatic heterocycles. The van der Waals surface area contributed by atoms with Crippen molar-refractivity contribution in [3.63, 3.8) is 0 Å². The number of carbonyl (C=O) groups is 2. The van der Waals surface area contributed by atoms with Crippen molar-refractivity contribution in [1.29, 1.82) is 0 Å². The molecule has 0 aliphatic rings. The van der Waals surface area contributed by atoms with Gasteiger partial charge in [-0.3, -0.25) is 14.2 Å². The van der Waals surface area contributed by atoms with Crippen LogP contribution in [0.4, 0.5) is 4.39 Å². The fourth-order valence-corrected chi connectivity index (χ4v) is 3.53. The lowest BCUT2D eigenvalue weighted by Crippen LogP contribution is -2.28. The largest absolute Gasteiger partial charge is 0.494 e. The van der Waals surface area contributed by atoms with Crippen LogP contribution in [0.5, 0.6) is 5.75 Å². The normalized spacial score (nSPS) is 10.9. The lowest BCUT2D eigenvalue weighted by atomic mass is 10.1. The van der Waals surface area contributed by atoms with E-state index < -0.39 is 5.82 Å². The molecule has 0 radical (unpaired) electrons. The number of rotatable bonds is 6. The zero-order valence-electron chi connectivity index (χ0n) is 16.0. The minimum Gasteiger partial charge on any atom is -0.494 e. The first kappa shape index (κ1) is 21.0. The molecule has 0 aliphatic carbocycles. The average molecular weight is 463 g/mol. The van der Waals surface area contributed by atoms with Crippen molar-refractivity contribution < 1.29 is 23.8 Å². The van der Waals surface area contributed by atoms with Crippen molar-refractivity contribution in [2.75, 3.05) is 20.3 Å². The monoisotopic (exact) mass is 462 g/mol. The molecule has 29 heavy (non-hydrogen) atoms. The van der Waals surface area contributed by atoms with Gasteiger partial charge in [0.1, 0.15) is 0 Å². The van der Waals surface area contributed by atoms with Gasteiger partial charge in [-0.05, 0) is 42.8 Å². The lowest BCUT2D eigenvalue weighted by molar-refractivity contribution is -0.120. The molecule has 1 aromatic heterocycles. The number of fused-ring (bicyclic) bond motifs is 1. The van der Waals surface area contributed by atoms with Crippen molar-refractivity contribution in [1.82, 2.24) is 9.88 Å². The van der Waals surface area contributed by atoms with Gasteiger partial charge in [0.15, 0.2) is 11.6 Å². The summed E-state index contributed by atoms with van der Waals surface area (Å²) < 4.78 is 21.7. The summed E-state index contributed by atoms with van der Waals surface area (Å²) in [4.78, 5) is 25.4. The van der Waals surface area contributed by atoms with Gasteiger partial charge >= 0.3 is 0 Å². The summed E-state index contributed by atoms with van der Waals surface area (Å²) >= 11 is 3.34. The van der Waals surface area contributed by atoms with Gasteiger partial charge in [0.05, 0.1) is 25.7 Å². The van der Waals surface area contributed by atoms with Crippen LogP contribution < -0.4 is 10.1 Å². The molecular formula is C21H20BrFN2O4. The van der Waals surface area contributed by atoms with Crippen LogP contribution in [0.15, 0.2) is 40.9 Å². The van der Waals surface area contributed by atoms with Gasteiger partial charge in [-0.25, -0.2) is 4.39 Å². The minimum atomic E-state index is -0.598. The van der Waals surface area contributed by atoms with E-state index in [1.54, 1.807) is 31.2 Å². The van der Waals surface area contributed by atoms with E-state index in [0.29, 0.717) is 27.7 Å². The zero-order chi connectivity index (χ0) is 21.1. The number of hydrogen-bond acceptors (Lipinski definition) is 4. The minimum absolute atomic E-state index is 0.0161. The molecule has 8 heteroatoms. The van der Waals surface area contributed by atoms with E-state index in [1.807, 2.05) is 0 Å². The van der Waals surface area contributed by atoms with E-state index in [2.05, 4.69) is 21.2 Å². The third-order valence-electron chi connectivity index (χ3n) is 4.67. The molecule has 0 atom stereocenters. The van der Waals surface area contributed by atoms with Crippen LogP contribution in [0, 0.1) is 12.7 Å². The van der Waals surface area contributed by atoms with Crippen molar-refractivity contribution in [3.05, 3.63) is 63.5 Å². The molecule has 0 unspecified atom stereocenters. The summed E-state index contributed by atoms with van der Waals surface area (Å²) in [5.74, 6) is -1.20. The molecule has 2 aromatic carbocycles. The van der Waals surface area contributed by atoms with Crippen LogP contribution in [0.3, 0.4) is 0 Å². The smallest absolute Gasteiger partial charge is 0.262 e. The number of aliphatic hydroxyl groups excluding tert-OH is 1. The highest BCUT2D eigenvalue weighted by Crippen LogP contribution is 2.32. The van der Waals surface area contributed by atoms with Crippen LogP contribution in [0.25, 0.3) is 10.9 Å². The summed E-state index contributed by atoms with van der Waals surface area (Å²) in [6.07, 6.45) is -0.0161. The summed E-state index contributed by atoms with van der Waals surface area (Å²) in [6.45, 7) is 1.68. The second-order valence-electron chi connectivity index (χ2n) is 6.47. The first-order valence-electron chi connectivity index (χ1n) is 8.92. The average Bonchev–Trinajstić information content (AvgIpc) is 2.96. The van der Waals surface area contributed by atoms with E-state index in [9.17, 15) is 14.0 Å². The predicted octanol–water partition coefficient (Wildman–Crippen LogP) is 3.20. The van der Waals surface area contributed by atoms with E-state index in [4.69, 9.17) is 9.84 Å². The van der Waals surface area contributed by atoms with Crippen LogP contribution in [-0.2, 0) is 11.2 Å². The second kappa shape index (κ2) is 8.75. The predicted molar refractivity (Wildman–Crippen MR) is 111 cm³/mol. The molecule has 0 bridgehead atoms. The molecule has 1 amide bonds. The number of aromatic nitrogens is 1. The van der Waals surface area contributed by atoms with Crippen molar-refractivity contribution in [2.45, 2.75) is 13.3 Å². The number of nitrogens with zero attached hydrogens (tertiary/aromatic N) is 1. The van der Waals surface area contributed by atoms with Crippen molar-refractivity contribution >= 4 is 38.6 Å². The Morgan fingerprint density at radius 1 is 1.24 bits per heavy atom. The highest BCUT2D eigenvalue weighted by Gasteiger charge is 2.23. The maximum atomic E-state index is 14.4. The topological polar surface area (TPSA) is 80.6 Å². The number of amides is 1. The number of halogens is 2. The fraction of sp³-hybridized carbons (Fsp3) is 0.238. The Hall–Kier alpha value is -2.71. The Labute approximate surface area is 175 Å². The molecular weight excluding hydrogens is 443 g/mol. The number of benzene rings is 2. The molecule has 3 rings (SSSR count). The first-order valence-corrected chi connectivity index (χ1v) is 9.72.